The summed E-state index contributed by atoms with van der Waals surface area (Å²) in [6, 6.07) is 6.06. The highest BCUT2D eigenvalue weighted by molar-refractivity contribution is 8.76. The van der Waals surface area contributed by atoms with Crippen LogP contribution in [0.25, 0.3) is 0 Å². The van der Waals surface area contributed by atoms with Crippen LogP contribution in [0.5, 0.6) is 5.75 Å². The first-order valence-electron chi connectivity index (χ1n) is 17.3. The average Bonchev–Trinajstić information content (AvgIpc) is 3.37. The van der Waals surface area contributed by atoms with E-state index in [-0.39, 0.29) is 42.1 Å². The Labute approximate surface area is 295 Å². The summed E-state index contributed by atoms with van der Waals surface area (Å²) < 4.78 is 134. The summed E-state index contributed by atoms with van der Waals surface area (Å²) in [7, 11) is 5.70. The SMILES string of the molecule is BCCCN(C(=O)Oc1ccc2c(c1)CCC1C2CCC2(C)C(OCCCOC(C(F)(F)F)(C(F)(F)F)C(F)(F)F)CCC12)C1CCSSC1. The van der Waals surface area contributed by atoms with Crippen LogP contribution in [-0.2, 0) is 15.9 Å². The smallest absolute Gasteiger partial charge is 0.410 e. The van der Waals surface area contributed by atoms with Crippen molar-refractivity contribution in [1.82, 2.24) is 4.90 Å². The summed E-state index contributed by atoms with van der Waals surface area (Å²) in [6.45, 7) is 0.993. The van der Waals surface area contributed by atoms with Gasteiger partial charge in [-0.2, -0.15) is 39.5 Å². The lowest BCUT2D eigenvalue weighted by atomic mass is 9.55. The van der Waals surface area contributed by atoms with Crippen LogP contribution in [0.3, 0.4) is 0 Å². The number of benzene rings is 1. The van der Waals surface area contributed by atoms with E-state index in [1.54, 1.807) is 10.8 Å². The number of halogens is 9. The molecule has 1 aromatic rings. The van der Waals surface area contributed by atoms with Crippen LogP contribution < -0.4 is 4.74 Å². The molecule has 1 heterocycles. The van der Waals surface area contributed by atoms with Crippen molar-refractivity contribution in [1.29, 1.82) is 0 Å². The van der Waals surface area contributed by atoms with E-state index in [0.29, 0.717) is 24.6 Å². The quantitative estimate of drug-likeness (QED) is 0.0971. The van der Waals surface area contributed by atoms with Gasteiger partial charge in [0.15, 0.2) is 0 Å². The van der Waals surface area contributed by atoms with Gasteiger partial charge in [-0.05, 0) is 104 Å². The number of nitrogens with zero attached hydrogens (tertiary/aromatic N) is 1. The minimum atomic E-state index is -6.75. The van der Waals surface area contributed by atoms with Crippen LogP contribution in [0.15, 0.2) is 18.2 Å². The van der Waals surface area contributed by atoms with Gasteiger partial charge < -0.3 is 19.1 Å². The van der Waals surface area contributed by atoms with Gasteiger partial charge in [0.2, 0.25) is 0 Å². The second-order valence-electron chi connectivity index (χ2n) is 14.1. The van der Waals surface area contributed by atoms with E-state index in [2.05, 4.69) is 25.6 Å². The fraction of sp³-hybridized carbons (Fsp3) is 0.788. The van der Waals surface area contributed by atoms with Crippen molar-refractivity contribution < 1.29 is 58.5 Å². The van der Waals surface area contributed by atoms with Gasteiger partial charge in [0.25, 0.3) is 0 Å². The Balaban J connectivity index is 1.18. The number of carbonyl (C=O) groups is 1. The number of aryl methyl sites for hydroxylation is 1. The number of fused-ring (bicyclic) bond motifs is 5. The molecule has 3 fully saturated rings. The summed E-state index contributed by atoms with van der Waals surface area (Å²) in [6.07, 6.45) is -13.8. The van der Waals surface area contributed by atoms with Gasteiger partial charge in [-0.3, -0.25) is 0 Å². The molecule has 0 spiro atoms. The fourth-order valence-corrected chi connectivity index (χ4v) is 11.2. The monoisotopic (exact) mass is 763 g/mol. The van der Waals surface area contributed by atoms with Crippen molar-refractivity contribution >= 4 is 35.5 Å². The van der Waals surface area contributed by atoms with Gasteiger partial charge >= 0.3 is 30.2 Å². The Bertz CT molecular complexity index is 1290. The lowest BCUT2D eigenvalue weighted by Crippen LogP contribution is -2.67. The number of rotatable bonds is 11. The number of carbonyl (C=O) groups excluding carboxylic acids is 1. The maximum atomic E-state index is 13.3. The maximum absolute atomic E-state index is 13.3. The molecule has 3 aliphatic carbocycles. The Morgan fingerprint density at radius 2 is 1.66 bits per heavy atom. The van der Waals surface area contributed by atoms with Gasteiger partial charge in [-0.15, -0.1) is 0 Å². The van der Waals surface area contributed by atoms with Gasteiger partial charge in [0, 0.05) is 30.7 Å². The van der Waals surface area contributed by atoms with E-state index in [9.17, 15) is 44.3 Å². The molecule has 0 radical (unpaired) electrons. The Morgan fingerprint density at radius 1 is 0.940 bits per heavy atom. The molecule has 6 unspecified atom stereocenters. The third kappa shape index (κ3) is 7.76. The number of alkyl halides is 9. The van der Waals surface area contributed by atoms with E-state index in [4.69, 9.17) is 9.47 Å². The number of ether oxygens (including phenoxy) is 3. The third-order valence-corrected chi connectivity index (χ3v) is 13.7. The van der Waals surface area contributed by atoms with Crippen LogP contribution in [0.1, 0.15) is 75.3 Å². The zero-order chi connectivity index (χ0) is 36.5. The number of amides is 1. The molecule has 50 heavy (non-hydrogen) atoms. The lowest BCUT2D eigenvalue weighted by molar-refractivity contribution is -0.457. The van der Waals surface area contributed by atoms with E-state index >= 15 is 0 Å². The van der Waals surface area contributed by atoms with Crippen LogP contribution in [0, 0.1) is 17.3 Å². The molecule has 1 saturated heterocycles. The first-order valence-corrected chi connectivity index (χ1v) is 19.7. The predicted molar refractivity (Wildman–Crippen MR) is 176 cm³/mol. The molecule has 5 nitrogen and oxygen atoms in total. The second kappa shape index (κ2) is 15.5. The first kappa shape index (κ1) is 39.7. The number of hydrogen-bond donors (Lipinski definition) is 0. The summed E-state index contributed by atoms with van der Waals surface area (Å²) in [5.41, 5.74) is -4.17. The van der Waals surface area contributed by atoms with Gasteiger partial charge in [-0.25, -0.2) is 4.79 Å². The molecule has 0 aromatic heterocycles. The van der Waals surface area contributed by atoms with Gasteiger partial charge in [0.1, 0.15) is 13.6 Å². The molecule has 0 N–H and O–H groups in total. The van der Waals surface area contributed by atoms with Crippen molar-refractivity contribution in [2.75, 3.05) is 31.3 Å². The highest BCUT2D eigenvalue weighted by atomic mass is 33.1. The van der Waals surface area contributed by atoms with Crippen molar-refractivity contribution in [3.8, 4) is 5.75 Å². The predicted octanol–water partition coefficient (Wildman–Crippen LogP) is 9.16. The normalized spacial score (nSPS) is 28.8. The average molecular weight is 764 g/mol. The van der Waals surface area contributed by atoms with E-state index in [0.717, 1.165) is 68.3 Å². The Hall–Kier alpha value is -1.46. The minimum Gasteiger partial charge on any atom is -0.410 e. The molecule has 4 aliphatic rings. The molecule has 1 amide bonds. The van der Waals surface area contributed by atoms with E-state index < -0.39 is 37.2 Å². The highest BCUT2D eigenvalue weighted by Gasteiger charge is 2.85. The van der Waals surface area contributed by atoms with Crippen molar-refractivity contribution in [2.45, 2.75) is 113 Å². The van der Waals surface area contributed by atoms with Crippen LogP contribution in [-0.4, -0.2) is 86.4 Å². The standard InChI is InChI=1S/C33H43BF9NO4S2/c1-29-12-10-24-23-7-5-22(48-28(45)44(14-2-13-34)21-11-17-49-50-19-21)18-20(23)4-6-25(24)26(29)8-9-27(29)46-15-3-16-47-30(31(35,36)37,32(38,39)40)33(41,42)43/h5,7,18,21,24-27H,2-4,6,8-17,19,34H2,1H3. The van der Waals surface area contributed by atoms with Crippen LogP contribution >= 0.6 is 21.6 Å². The van der Waals surface area contributed by atoms with E-state index in [1.807, 2.05) is 27.8 Å². The van der Waals surface area contributed by atoms with Crippen molar-refractivity contribution in [3.63, 3.8) is 0 Å². The van der Waals surface area contributed by atoms with Crippen molar-refractivity contribution in [3.05, 3.63) is 29.3 Å². The third-order valence-electron chi connectivity index (χ3n) is 11.2. The van der Waals surface area contributed by atoms with Crippen molar-refractivity contribution in [2.24, 2.45) is 17.3 Å². The molecule has 0 bridgehead atoms. The second-order valence-corrected chi connectivity index (χ2v) is 16.7. The molecule has 17 heteroatoms. The largest absolute Gasteiger partial charge is 0.435 e. The van der Waals surface area contributed by atoms with Gasteiger partial charge in [-0.1, -0.05) is 40.9 Å². The Morgan fingerprint density at radius 3 is 2.30 bits per heavy atom. The highest BCUT2D eigenvalue weighted by Crippen LogP contribution is 2.62. The zero-order valence-corrected chi connectivity index (χ0v) is 29.7. The summed E-state index contributed by atoms with van der Waals surface area (Å²) in [4.78, 5) is 15.2. The lowest BCUT2D eigenvalue weighted by Gasteiger charge is -2.50. The molecule has 282 valence electrons. The molecule has 1 aliphatic heterocycles. The molecular weight excluding hydrogens is 720 g/mol. The topological polar surface area (TPSA) is 48.0 Å². The van der Waals surface area contributed by atoms with E-state index in [1.165, 1.54) is 5.56 Å². The van der Waals surface area contributed by atoms with Crippen LogP contribution in [0.4, 0.5) is 44.3 Å². The van der Waals surface area contributed by atoms with Gasteiger partial charge in [0.05, 0.1) is 12.7 Å². The number of hydrogen-bond acceptors (Lipinski definition) is 6. The fourth-order valence-electron chi connectivity index (χ4n) is 8.70. The molecular formula is C33H43BF9NO4S2. The summed E-state index contributed by atoms with van der Waals surface area (Å²) in [5.74, 6) is 3.29. The van der Waals surface area contributed by atoms with Crippen LogP contribution in [0.2, 0.25) is 6.32 Å². The molecule has 1 aromatic carbocycles. The molecule has 2 saturated carbocycles. The molecule has 5 rings (SSSR count). The zero-order valence-electron chi connectivity index (χ0n) is 28.0. The summed E-state index contributed by atoms with van der Waals surface area (Å²) in [5, 5.41) is 0. The molecule has 6 atom stereocenters. The Kier molecular flexibility index (Phi) is 12.3. The first-order chi connectivity index (χ1) is 23.4. The minimum absolute atomic E-state index is 0.153. The maximum Gasteiger partial charge on any atom is 0.435 e. The summed E-state index contributed by atoms with van der Waals surface area (Å²) >= 11 is 0.